The summed E-state index contributed by atoms with van der Waals surface area (Å²) in [6.45, 7) is 0.544. The van der Waals surface area contributed by atoms with E-state index in [2.05, 4.69) is 10.5 Å². The van der Waals surface area contributed by atoms with Crippen LogP contribution in [0.5, 0.6) is 11.5 Å². The van der Waals surface area contributed by atoms with Crippen LogP contribution in [0.1, 0.15) is 21.5 Å². The van der Waals surface area contributed by atoms with Crippen molar-refractivity contribution in [1.29, 1.82) is 0 Å². The molecule has 2 rings (SSSR count). The van der Waals surface area contributed by atoms with Crippen molar-refractivity contribution in [2.45, 2.75) is 6.54 Å². The molecule has 0 saturated heterocycles. The Bertz CT molecular complexity index is 731. The predicted molar refractivity (Wildman–Crippen MR) is 101 cm³/mol. The van der Waals surface area contributed by atoms with E-state index in [1.54, 1.807) is 25.5 Å². The minimum Gasteiger partial charge on any atom is -0.508 e. The third-order valence-corrected chi connectivity index (χ3v) is 3.32. The number of amides is 1. The molecule has 6 nitrogen and oxygen atoms in total. The molecule has 7 heteroatoms. The van der Waals surface area contributed by atoms with Crippen molar-refractivity contribution >= 4 is 24.5 Å². The lowest BCUT2D eigenvalue weighted by molar-refractivity contribution is 0.0955. The number of methoxy groups -OCH3 is 1. The van der Waals surface area contributed by atoms with E-state index in [-0.39, 0.29) is 24.1 Å². The third kappa shape index (κ3) is 6.10. The van der Waals surface area contributed by atoms with Gasteiger partial charge in [-0.2, -0.15) is 5.10 Å². The average molecular weight is 364 g/mol. The molecule has 0 unspecified atom stereocenters. The minimum absolute atomic E-state index is 0. The Kier molecular flexibility index (Phi) is 7.91. The van der Waals surface area contributed by atoms with Crippen LogP contribution in [0.4, 0.5) is 0 Å². The second kappa shape index (κ2) is 9.66. The normalized spacial score (nSPS) is 10.6. The van der Waals surface area contributed by atoms with Gasteiger partial charge < -0.3 is 14.7 Å². The fourth-order valence-corrected chi connectivity index (χ4v) is 2.11. The van der Waals surface area contributed by atoms with Gasteiger partial charge >= 0.3 is 0 Å². The van der Waals surface area contributed by atoms with Crippen molar-refractivity contribution in [2.75, 3.05) is 21.2 Å². The summed E-state index contributed by atoms with van der Waals surface area (Å²) in [6.07, 6.45) is 1.55. The number of nitrogens with zero attached hydrogens (tertiary/aromatic N) is 2. The molecule has 0 aliphatic heterocycles. The monoisotopic (exact) mass is 363 g/mol. The van der Waals surface area contributed by atoms with Crippen molar-refractivity contribution in [3.8, 4) is 11.5 Å². The molecule has 0 radical (unpaired) electrons. The highest BCUT2D eigenvalue weighted by Gasteiger charge is 2.09. The highest BCUT2D eigenvalue weighted by molar-refractivity contribution is 5.95. The van der Waals surface area contributed by atoms with Crippen molar-refractivity contribution in [2.24, 2.45) is 5.10 Å². The third-order valence-electron chi connectivity index (χ3n) is 3.32. The highest BCUT2D eigenvalue weighted by Crippen LogP contribution is 2.19. The van der Waals surface area contributed by atoms with Gasteiger partial charge in [-0.15, -0.1) is 12.4 Å². The lowest BCUT2D eigenvalue weighted by Crippen LogP contribution is -2.18. The van der Waals surface area contributed by atoms with E-state index >= 15 is 0 Å². The molecule has 0 spiro atoms. The maximum Gasteiger partial charge on any atom is 0.271 e. The zero-order valence-electron chi connectivity index (χ0n) is 14.4. The first-order valence-electron chi connectivity index (χ1n) is 7.43. The van der Waals surface area contributed by atoms with Gasteiger partial charge in [0.2, 0.25) is 0 Å². The van der Waals surface area contributed by atoms with Gasteiger partial charge in [0.05, 0.1) is 13.3 Å². The Labute approximate surface area is 153 Å². The second-order valence-corrected chi connectivity index (χ2v) is 5.55. The molecule has 0 bridgehead atoms. The van der Waals surface area contributed by atoms with Gasteiger partial charge in [-0.3, -0.25) is 4.79 Å². The molecule has 0 aliphatic rings. The first kappa shape index (κ1) is 20.5. The molecular weight excluding hydrogens is 342 g/mol. The zero-order chi connectivity index (χ0) is 17.5. The Morgan fingerprint density at radius 3 is 2.52 bits per heavy atom. The fourth-order valence-electron chi connectivity index (χ4n) is 2.11. The maximum absolute atomic E-state index is 12.1. The molecule has 2 aromatic carbocycles. The minimum atomic E-state index is -0.334. The first-order valence-corrected chi connectivity index (χ1v) is 7.43. The number of carbonyl (C=O) groups excluding carboxylic acids is 1. The summed E-state index contributed by atoms with van der Waals surface area (Å²) in [4.78, 5) is 14.1. The predicted octanol–water partition coefficient (Wildman–Crippen LogP) is 2.65. The largest absolute Gasteiger partial charge is 0.508 e. The van der Waals surface area contributed by atoms with Crippen LogP contribution in [0.25, 0.3) is 0 Å². The topological polar surface area (TPSA) is 74.2 Å². The Balaban J connectivity index is 0.00000312. The Hall–Kier alpha value is -2.57. The van der Waals surface area contributed by atoms with Crippen LogP contribution in [-0.4, -0.2) is 43.3 Å². The molecule has 25 heavy (non-hydrogen) atoms. The molecular formula is C18H22ClN3O3. The van der Waals surface area contributed by atoms with E-state index in [1.165, 1.54) is 6.07 Å². The number of phenols is 1. The van der Waals surface area contributed by atoms with E-state index < -0.39 is 0 Å². The molecule has 0 aliphatic carbocycles. The summed E-state index contributed by atoms with van der Waals surface area (Å²) in [5.41, 5.74) is 4.45. The van der Waals surface area contributed by atoms with Gasteiger partial charge in [0.25, 0.3) is 5.91 Å². The maximum atomic E-state index is 12.1. The van der Waals surface area contributed by atoms with Crippen LogP contribution in [0.3, 0.4) is 0 Å². The number of nitrogens with one attached hydrogen (secondary N) is 1. The lowest BCUT2D eigenvalue weighted by atomic mass is 10.1. The Morgan fingerprint density at radius 2 is 1.92 bits per heavy atom. The van der Waals surface area contributed by atoms with Crippen molar-refractivity contribution in [3.05, 3.63) is 59.2 Å². The van der Waals surface area contributed by atoms with E-state index in [9.17, 15) is 9.90 Å². The molecule has 2 N–H and O–H groups in total. The number of hydrogen-bond acceptors (Lipinski definition) is 5. The molecule has 0 fully saturated rings. The zero-order valence-corrected chi connectivity index (χ0v) is 15.2. The second-order valence-electron chi connectivity index (χ2n) is 5.55. The standard InChI is InChI=1S/C18H21N3O3.ClH/c1-21(2)12-15-10-14(6-9-17(15)22)18(23)20-19-11-13-4-7-16(24-3)8-5-13;/h4-11,22H,12H2,1-3H3,(H,20,23);1H/b19-11+;. The summed E-state index contributed by atoms with van der Waals surface area (Å²) in [5, 5.41) is 13.8. The van der Waals surface area contributed by atoms with Crippen LogP contribution in [-0.2, 0) is 6.54 Å². The van der Waals surface area contributed by atoms with E-state index in [1.807, 2.05) is 43.3 Å². The Morgan fingerprint density at radius 1 is 1.24 bits per heavy atom. The smallest absolute Gasteiger partial charge is 0.271 e. The van der Waals surface area contributed by atoms with Crippen LogP contribution in [0, 0.1) is 0 Å². The van der Waals surface area contributed by atoms with Gasteiger partial charge in [-0.05, 0) is 62.1 Å². The van der Waals surface area contributed by atoms with Crippen molar-refractivity contribution in [1.82, 2.24) is 10.3 Å². The first-order chi connectivity index (χ1) is 11.5. The summed E-state index contributed by atoms with van der Waals surface area (Å²) < 4.78 is 5.08. The summed E-state index contributed by atoms with van der Waals surface area (Å²) in [6, 6.07) is 12.0. The average Bonchev–Trinajstić information content (AvgIpc) is 2.57. The highest BCUT2D eigenvalue weighted by atomic mass is 35.5. The fraction of sp³-hybridized carbons (Fsp3) is 0.222. The van der Waals surface area contributed by atoms with E-state index in [0.717, 1.165) is 11.3 Å². The molecule has 0 atom stereocenters. The molecule has 2 aromatic rings. The number of phenolic OH excluding ortho intramolecular Hbond substituents is 1. The van der Waals surface area contributed by atoms with Gasteiger partial charge in [0.15, 0.2) is 0 Å². The van der Waals surface area contributed by atoms with Gasteiger partial charge in [-0.25, -0.2) is 5.43 Å². The summed E-state index contributed by atoms with van der Waals surface area (Å²) in [7, 11) is 5.39. The molecule has 134 valence electrons. The molecule has 0 heterocycles. The van der Waals surface area contributed by atoms with Gasteiger partial charge in [0.1, 0.15) is 11.5 Å². The van der Waals surface area contributed by atoms with Crippen LogP contribution >= 0.6 is 12.4 Å². The summed E-state index contributed by atoms with van der Waals surface area (Å²) >= 11 is 0. The van der Waals surface area contributed by atoms with Crippen molar-refractivity contribution in [3.63, 3.8) is 0 Å². The quantitative estimate of drug-likeness (QED) is 0.611. The van der Waals surface area contributed by atoms with Crippen LogP contribution < -0.4 is 10.2 Å². The van der Waals surface area contributed by atoms with E-state index in [0.29, 0.717) is 17.7 Å². The number of carbonyl (C=O) groups is 1. The number of hydrazone groups is 1. The number of ether oxygens (including phenoxy) is 1. The van der Waals surface area contributed by atoms with Crippen LogP contribution in [0.2, 0.25) is 0 Å². The van der Waals surface area contributed by atoms with Crippen LogP contribution in [0.15, 0.2) is 47.6 Å². The SMILES string of the molecule is COc1ccc(/C=N/NC(=O)c2ccc(O)c(CN(C)C)c2)cc1.Cl. The molecule has 0 aromatic heterocycles. The lowest BCUT2D eigenvalue weighted by Gasteiger charge is -2.12. The number of hydrogen-bond donors (Lipinski definition) is 2. The number of benzene rings is 2. The number of rotatable bonds is 6. The molecule has 1 amide bonds. The van der Waals surface area contributed by atoms with E-state index in [4.69, 9.17) is 4.74 Å². The van der Waals surface area contributed by atoms with Gasteiger partial charge in [0, 0.05) is 17.7 Å². The number of halogens is 1. The summed E-state index contributed by atoms with van der Waals surface area (Å²) in [5.74, 6) is 0.593. The van der Waals surface area contributed by atoms with Crippen molar-refractivity contribution < 1.29 is 14.6 Å². The number of aromatic hydroxyl groups is 1. The van der Waals surface area contributed by atoms with Gasteiger partial charge in [-0.1, -0.05) is 0 Å². The molecule has 0 saturated carbocycles.